The molecule has 0 radical (unpaired) electrons. The monoisotopic (exact) mass is 473 g/mol. The maximum atomic E-state index is 14.3. The summed E-state index contributed by atoms with van der Waals surface area (Å²) in [5, 5.41) is 0. The first kappa shape index (κ1) is 23.3. The molecule has 1 fully saturated rings. The molecule has 1 aliphatic rings. The van der Waals surface area contributed by atoms with E-state index in [2.05, 4.69) is 4.72 Å². The lowest BCUT2D eigenvalue weighted by molar-refractivity contribution is 0.0759. The van der Waals surface area contributed by atoms with Gasteiger partial charge in [-0.25, -0.2) is 30.3 Å². The number of rotatable bonds is 5. The molecule has 1 amide bonds. The summed E-state index contributed by atoms with van der Waals surface area (Å²) in [6, 6.07) is 7.35. The number of benzene rings is 2. The van der Waals surface area contributed by atoms with E-state index in [0.717, 1.165) is 30.3 Å². The van der Waals surface area contributed by atoms with Gasteiger partial charge in [-0.15, -0.1) is 0 Å². The molecule has 12 heteroatoms. The Morgan fingerprint density at radius 2 is 1.55 bits per heavy atom. The molecular weight excluding hydrogens is 452 g/mol. The van der Waals surface area contributed by atoms with Crippen LogP contribution >= 0.6 is 0 Å². The van der Waals surface area contributed by atoms with Crippen molar-refractivity contribution < 1.29 is 30.4 Å². The Balaban J connectivity index is 1.80. The fourth-order valence-electron chi connectivity index (χ4n) is 3.22. The summed E-state index contributed by atoms with van der Waals surface area (Å²) in [5.74, 6) is -2.16. The molecule has 1 saturated heterocycles. The molecule has 8 nitrogen and oxygen atoms in total. The van der Waals surface area contributed by atoms with Crippen LogP contribution in [0.3, 0.4) is 0 Å². The minimum absolute atomic E-state index is 0.0122. The summed E-state index contributed by atoms with van der Waals surface area (Å²) in [6.45, 7) is 0.236. The molecule has 3 rings (SSSR count). The van der Waals surface area contributed by atoms with Gasteiger partial charge < -0.3 is 4.90 Å². The van der Waals surface area contributed by atoms with Crippen molar-refractivity contribution in [1.29, 1.82) is 0 Å². The van der Waals surface area contributed by atoms with Gasteiger partial charge in [0.25, 0.3) is 5.91 Å². The van der Waals surface area contributed by atoms with Crippen LogP contribution in [0.15, 0.2) is 52.3 Å². The Morgan fingerprint density at radius 3 is 2.19 bits per heavy atom. The molecule has 0 atom stereocenters. The number of nitrogens with zero attached hydrogens (tertiary/aromatic N) is 2. The van der Waals surface area contributed by atoms with Crippen LogP contribution in [0.25, 0.3) is 0 Å². The third-order valence-electron chi connectivity index (χ3n) is 4.94. The van der Waals surface area contributed by atoms with Crippen LogP contribution in [0.2, 0.25) is 0 Å². The maximum absolute atomic E-state index is 14.3. The molecule has 2 aromatic rings. The number of sulfonamides is 2. The van der Waals surface area contributed by atoms with Gasteiger partial charge in [0, 0.05) is 26.2 Å². The van der Waals surface area contributed by atoms with Crippen molar-refractivity contribution in [3.8, 4) is 0 Å². The lowest BCUT2D eigenvalue weighted by Gasteiger charge is -2.22. The lowest BCUT2D eigenvalue weighted by atomic mass is 10.2. The van der Waals surface area contributed by atoms with Crippen molar-refractivity contribution in [2.45, 2.75) is 16.2 Å². The molecular formula is C19H21F2N3O5S2. The minimum Gasteiger partial charge on any atom is -0.337 e. The summed E-state index contributed by atoms with van der Waals surface area (Å²) >= 11 is 0. The van der Waals surface area contributed by atoms with Crippen LogP contribution in [0, 0.1) is 11.6 Å². The van der Waals surface area contributed by atoms with Gasteiger partial charge in [0.1, 0.15) is 11.6 Å². The second-order valence-corrected chi connectivity index (χ2v) is 10.7. The van der Waals surface area contributed by atoms with Crippen LogP contribution in [0.5, 0.6) is 0 Å². The lowest BCUT2D eigenvalue weighted by Crippen LogP contribution is -2.37. The van der Waals surface area contributed by atoms with Crippen molar-refractivity contribution in [1.82, 2.24) is 13.9 Å². The fraction of sp³-hybridized carbons (Fsp3) is 0.316. The molecule has 0 unspecified atom stereocenters. The molecule has 168 valence electrons. The third-order valence-corrected chi connectivity index (χ3v) is 8.27. The van der Waals surface area contributed by atoms with E-state index in [1.165, 1.54) is 28.4 Å². The van der Waals surface area contributed by atoms with Crippen molar-refractivity contribution >= 4 is 26.0 Å². The molecule has 0 bridgehead atoms. The number of hydrogen-bond acceptors (Lipinski definition) is 5. The third kappa shape index (κ3) is 4.92. The predicted octanol–water partition coefficient (Wildman–Crippen LogP) is 1.41. The fourth-order valence-corrected chi connectivity index (χ4v) is 5.44. The molecule has 31 heavy (non-hydrogen) atoms. The van der Waals surface area contributed by atoms with E-state index in [0.29, 0.717) is 6.42 Å². The zero-order valence-corrected chi connectivity index (χ0v) is 18.2. The van der Waals surface area contributed by atoms with E-state index in [1.54, 1.807) is 0 Å². The van der Waals surface area contributed by atoms with Crippen molar-refractivity contribution in [2.24, 2.45) is 0 Å². The predicted molar refractivity (Wildman–Crippen MR) is 108 cm³/mol. The quantitative estimate of drug-likeness (QED) is 0.707. The van der Waals surface area contributed by atoms with E-state index in [1.807, 2.05) is 0 Å². The minimum atomic E-state index is -3.89. The van der Waals surface area contributed by atoms with E-state index in [9.17, 15) is 30.4 Å². The van der Waals surface area contributed by atoms with Gasteiger partial charge in [-0.2, -0.15) is 4.31 Å². The van der Waals surface area contributed by atoms with Gasteiger partial charge in [0.05, 0.1) is 15.4 Å². The largest absolute Gasteiger partial charge is 0.337 e. The zero-order chi connectivity index (χ0) is 22.8. The van der Waals surface area contributed by atoms with E-state index < -0.39 is 43.2 Å². The Bertz CT molecular complexity index is 1190. The van der Waals surface area contributed by atoms with Crippen LogP contribution in [0.4, 0.5) is 8.78 Å². The average Bonchev–Trinajstić information content (AvgIpc) is 3.00. The Morgan fingerprint density at radius 1 is 0.903 bits per heavy atom. The van der Waals surface area contributed by atoms with E-state index in [-0.39, 0.29) is 36.0 Å². The molecule has 0 aromatic heterocycles. The molecule has 0 aliphatic carbocycles. The van der Waals surface area contributed by atoms with Crippen LogP contribution in [-0.2, 0) is 20.0 Å². The Labute approximate surface area is 179 Å². The van der Waals surface area contributed by atoms with Crippen LogP contribution in [-0.4, -0.2) is 65.2 Å². The Kier molecular flexibility index (Phi) is 6.74. The number of carbonyl (C=O) groups excluding carboxylic acids is 1. The van der Waals surface area contributed by atoms with Gasteiger partial charge in [-0.1, -0.05) is 0 Å². The van der Waals surface area contributed by atoms with Crippen molar-refractivity contribution in [2.75, 3.05) is 33.2 Å². The van der Waals surface area contributed by atoms with Gasteiger partial charge in [0.2, 0.25) is 20.0 Å². The van der Waals surface area contributed by atoms with Gasteiger partial charge in [-0.05, 0) is 55.9 Å². The van der Waals surface area contributed by atoms with Gasteiger partial charge in [0.15, 0.2) is 0 Å². The number of amides is 1. The summed E-state index contributed by atoms with van der Waals surface area (Å²) in [6.07, 6.45) is 0.294. The SMILES string of the molecule is CNS(=O)(=O)c1ccc(F)c(C(=O)N2CCCN(S(=O)(=O)c3ccc(F)cc3)CC2)c1. The molecule has 1 N–H and O–H groups in total. The maximum Gasteiger partial charge on any atom is 0.256 e. The summed E-state index contributed by atoms with van der Waals surface area (Å²) in [7, 11) is -6.56. The summed E-state index contributed by atoms with van der Waals surface area (Å²) in [5.41, 5.74) is -0.411. The number of halogens is 2. The highest BCUT2D eigenvalue weighted by atomic mass is 32.2. The highest BCUT2D eigenvalue weighted by Gasteiger charge is 2.30. The van der Waals surface area contributed by atoms with Crippen molar-refractivity contribution in [3.63, 3.8) is 0 Å². The van der Waals surface area contributed by atoms with E-state index >= 15 is 0 Å². The molecule has 0 spiro atoms. The second kappa shape index (κ2) is 8.99. The highest BCUT2D eigenvalue weighted by molar-refractivity contribution is 7.89. The summed E-state index contributed by atoms with van der Waals surface area (Å²) in [4.78, 5) is 13.8. The molecule has 1 aliphatic heterocycles. The molecule has 2 aromatic carbocycles. The smallest absolute Gasteiger partial charge is 0.256 e. The number of hydrogen-bond donors (Lipinski definition) is 1. The number of carbonyl (C=O) groups is 1. The van der Waals surface area contributed by atoms with Crippen molar-refractivity contribution in [3.05, 3.63) is 59.7 Å². The molecule has 0 saturated carbocycles. The highest BCUT2D eigenvalue weighted by Crippen LogP contribution is 2.21. The average molecular weight is 474 g/mol. The first-order valence-electron chi connectivity index (χ1n) is 9.34. The zero-order valence-electron chi connectivity index (χ0n) is 16.6. The van der Waals surface area contributed by atoms with Crippen LogP contribution in [0.1, 0.15) is 16.8 Å². The standard InChI is InChI=1S/C19H21F2N3O5S2/c1-22-30(26,27)16-7-8-18(21)17(13-16)19(25)23-9-2-10-24(12-11-23)31(28,29)15-5-3-14(20)4-6-15/h3-8,13,22H,2,9-12H2,1H3. The first-order valence-corrected chi connectivity index (χ1v) is 12.3. The topological polar surface area (TPSA) is 104 Å². The normalized spacial score (nSPS) is 16.2. The Hall–Kier alpha value is -2.41. The second-order valence-electron chi connectivity index (χ2n) is 6.85. The number of nitrogens with one attached hydrogen (secondary N) is 1. The van der Waals surface area contributed by atoms with Crippen LogP contribution < -0.4 is 4.72 Å². The first-order chi connectivity index (χ1) is 14.6. The van der Waals surface area contributed by atoms with Gasteiger partial charge in [-0.3, -0.25) is 4.79 Å². The van der Waals surface area contributed by atoms with E-state index in [4.69, 9.17) is 0 Å². The van der Waals surface area contributed by atoms with Gasteiger partial charge >= 0.3 is 0 Å². The summed E-state index contributed by atoms with van der Waals surface area (Å²) < 4.78 is 80.3. The molecule has 1 heterocycles.